The van der Waals surface area contributed by atoms with Crippen molar-refractivity contribution in [2.45, 2.75) is 25.8 Å². The number of thiol groups is 1. The second-order valence-corrected chi connectivity index (χ2v) is 4.48. The van der Waals surface area contributed by atoms with Gasteiger partial charge < -0.3 is 0 Å². The smallest absolute Gasteiger partial charge is 0.264 e. The molecule has 0 spiro atoms. The second kappa shape index (κ2) is 5.35. The first-order valence-corrected chi connectivity index (χ1v) is 6.35. The average molecular weight is 252 g/mol. The molecular weight excluding hydrogens is 236 g/mol. The van der Waals surface area contributed by atoms with E-state index in [0.717, 1.165) is 25.0 Å². The molecule has 0 aliphatic heterocycles. The van der Waals surface area contributed by atoms with Gasteiger partial charge in [0.2, 0.25) is 0 Å². The third-order valence-corrected chi connectivity index (χ3v) is 3.09. The minimum atomic E-state index is -0.00558. The Morgan fingerprint density at radius 1 is 1.35 bits per heavy atom. The van der Waals surface area contributed by atoms with Gasteiger partial charge in [0.05, 0.1) is 12.5 Å². The quantitative estimate of drug-likeness (QED) is 0.643. The lowest BCUT2D eigenvalue weighted by molar-refractivity contribution is 0.585. The van der Waals surface area contributed by atoms with Gasteiger partial charge in [-0.05, 0) is 18.6 Å². The van der Waals surface area contributed by atoms with E-state index >= 15 is 0 Å². The Kier molecular flexibility index (Phi) is 3.83. The lowest BCUT2D eigenvalue weighted by Crippen LogP contribution is -2.20. The summed E-state index contributed by atoms with van der Waals surface area (Å²) in [6.45, 7) is 0.713. The molecule has 0 saturated carbocycles. The van der Waals surface area contributed by atoms with E-state index in [0.29, 0.717) is 17.6 Å². The Bertz CT molecular complexity index is 560. The van der Waals surface area contributed by atoms with Crippen LogP contribution in [0.3, 0.4) is 0 Å². The standard InChI is InChI=1S/C11H16N4OS/c1-14-10-9(7-13-14)11(16)15(8-12-10)5-3-2-4-6-17/h7-8,17H,2-6H2,1H3. The van der Waals surface area contributed by atoms with Gasteiger partial charge in [0.1, 0.15) is 5.39 Å². The number of rotatable bonds is 5. The fourth-order valence-corrected chi connectivity index (χ4v) is 2.02. The molecule has 0 amide bonds. The Morgan fingerprint density at radius 2 is 2.18 bits per heavy atom. The minimum Gasteiger partial charge on any atom is -0.299 e. The molecule has 0 aliphatic carbocycles. The molecule has 0 bridgehead atoms. The lowest BCUT2D eigenvalue weighted by atomic mass is 10.2. The van der Waals surface area contributed by atoms with Crippen molar-refractivity contribution in [3.05, 3.63) is 22.9 Å². The fraction of sp³-hybridized carbons (Fsp3) is 0.545. The van der Waals surface area contributed by atoms with Gasteiger partial charge in [-0.1, -0.05) is 6.42 Å². The van der Waals surface area contributed by atoms with Crippen molar-refractivity contribution in [3.63, 3.8) is 0 Å². The molecule has 0 saturated heterocycles. The average Bonchev–Trinajstić information content (AvgIpc) is 2.70. The summed E-state index contributed by atoms with van der Waals surface area (Å²) in [7, 11) is 1.78. The molecule has 6 heteroatoms. The second-order valence-electron chi connectivity index (χ2n) is 4.03. The van der Waals surface area contributed by atoms with Crippen LogP contribution in [0.5, 0.6) is 0 Å². The maximum absolute atomic E-state index is 12.1. The highest BCUT2D eigenvalue weighted by molar-refractivity contribution is 7.80. The predicted octanol–water partition coefficient (Wildman–Crippen LogP) is 1.23. The van der Waals surface area contributed by atoms with Gasteiger partial charge in [0, 0.05) is 13.6 Å². The first-order chi connectivity index (χ1) is 8.24. The van der Waals surface area contributed by atoms with E-state index < -0.39 is 0 Å². The Labute approximate surface area is 105 Å². The SMILES string of the molecule is Cn1ncc2c(=O)n(CCCCCS)cnc21. The molecule has 2 heterocycles. The van der Waals surface area contributed by atoms with Crippen LogP contribution in [-0.2, 0) is 13.6 Å². The molecule has 92 valence electrons. The Balaban J connectivity index is 2.18. The van der Waals surface area contributed by atoms with Crippen molar-refractivity contribution >= 4 is 23.7 Å². The van der Waals surface area contributed by atoms with E-state index in [1.807, 2.05) is 0 Å². The number of fused-ring (bicyclic) bond motifs is 1. The van der Waals surface area contributed by atoms with Gasteiger partial charge in [-0.3, -0.25) is 14.0 Å². The van der Waals surface area contributed by atoms with Gasteiger partial charge in [-0.2, -0.15) is 17.7 Å². The third kappa shape index (κ3) is 2.52. The summed E-state index contributed by atoms with van der Waals surface area (Å²) < 4.78 is 3.27. The van der Waals surface area contributed by atoms with E-state index in [1.54, 1.807) is 28.8 Å². The predicted molar refractivity (Wildman–Crippen MR) is 70.5 cm³/mol. The summed E-state index contributed by atoms with van der Waals surface area (Å²) in [5.41, 5.74) is 0.635. The van der Waals surface area contributed by atoms with Crippen LogP contribution >= 0.6 is 12.6 Å². The van der Waals surface area contributed by atoms with Crippen LogP contribution < -0.4 is 5.56 Å². The van der Waals surface area contributed by atoms with Crippen LogP contribution in [0.4, 0.5) is 0 Å². The van der Waals surface area contributed by atoms with Crippen molar-refractivity contribution < 1.29 is 0 Å². The number of aromatic nitrogens is 4. The third-order valence-electron chi connectivity index (χ3n) is 2.78. The molecule has 0 unspecified atom stereocenters. The van der Waals surface area contributed by atoms with Crippen LogP contribution in [0.25, 0.3) is 11.0 Å². The van der Waals surface area contributed by atoms with Crippen molar-refractivity contribution in [3.8, 4) is 0 Å². The van der Waals surface area contributed by atoms with Gasteiger partial charge in [0.15, 0.2) is 5.65 Å². The summed E-state index contributed by atoms with van der Waals surface area (Å²) >= 11 is 4.16. The van der Waals surface area contributed by atoms with Crippen molar-refractivity contribution in [1.29, 1.82) is 0 Å². The highest BCUT2D eigenvalue weighted by Gasteiger charge is 2.07. The molecule has 17 heavy (non-hydrogen) atoms. The zero-order valence-corrected chi connectivity index (χ0v) is 10.7. The normalized spacial score (nSPS) is 11.2. The largest absolute Gasteiger partial charge is 0.299 e. The molecule has 2 aromatic rings. The zero-order valence-electron chi connectivity index (χ0n) is 9.83. The van der Waals surface area contributed by atoms with E-state index in [2.05, 4.69) is 22.7 Å². The molecular formula is C11H16N4OS. The molecule has 0 fully saturated rings. The van der Waals surface area contributed by atoms with Crippen molar-refractivity contribution in [2.75, 3.05) is 5.75 Å². The van der Waals surface area contributed by atoms with Crippen LogP contribution in [-0.4, -0.2) is 25.1 Å². The molecule has 0 aromatic carbocycles. The first-order valence-electron chi connectivity index (χ1n) is 5.72. The van der Waals surface area contributed by atoms with Gasteiger partial charge >= 0.3 is 0 Å². The summed E-state index contributed by atoms with van der Waals surface area (Å²) in [5, 5.41) is 4.63. The summed E-state index contributed by atoms with van der Waals surface area (Å²) in [4.78, 5) is 16.3. The molecule has 2 aromatic heterocycles. The first kappa shape index (κ1) is 12.2. The van der Waals surface area contributed by atoms with Gasteiger partial charge in [-0.15, -0.1) is 0 Å². The molecule has 5 nitrogen and oxygen atoms in total. The highest BCUT2D eigenvalue weighted by atomic mass is 32.1. The maximum Gasteiger partial charge on any atom is 0.264 e. The van der Waals surface area contributed by atoms with Gasteiger partial charge in [-0.25, -0.2) is 4.98 Å². The minimum absolute atomic E-state index is 0.00558. The lowest BCUT2D eigenvalue weighted by Gasteiger charge is -2.04. The Hall–Kier alpha value is -1.30. The highest BCUT2D eigenvalue weighted by Crippen LogP contribution is 2.04. The molecule has 0 atom stereocenters. The zero-order chi connectivity index (χ0) is 12.3. The van der Waals surface area contributed by atoms with Crippen LogP contribution in [0.15, 0.2) is 17.3 Å². The van der Waals surface area contributed by atoms with E-state index in [9.17, 15) is 4.79 Å². The molecule has 0 aliphatic rings. The van der Waals surface area contributed by atoms with Crippen molar-refractivity contribution in [1.82, 2.24) is 19.3 Å². The van der Waals surface area contributed by atoms with Crippen LogP contribution in [0, 0.1) is 0 Å². The molecule has 0 N–H and O–H groups in total. The van der Waals surface area contributed by atoms with Crippen LogP contribution in [0.1, 0.15) is 19.3 Å². The molecule has 0 radical (unpaired) electrons. The number of unbranched alkanes of at least 4 members (excludes halogenated alkanes) is 2. The maximum atomic E-state index is 12.1. The summed E-state index contributed by atoms with van der Waals surface area (Å²) in [5.74, 6) is 0.898. The van der Waals surface area contributed by atoms with Crippen molar-refractivity contribution in [2.24, 2.45) is 7.05 Å². The topological polar surface area (TPSA) is 52.7 Å². The molecule has 2 rings (SSSR count). The Morgan fingerprint density at radius 3 is 2.94 bits per heavy atom. The number of aryl methyl sites for hydroxylation is 2. The van der Waals surface area contributed by atoms with E-state index in [1.165, 1.54) is 0 Å². The number of nitrogens with zero attached hydrogens (tertiary/aromatic N) is 4. The number of hydrogen-bond donors (Lipinski definition) is 1. The number of hydrogen-bond acceptors (Lipinski definition) is 4. The monoisotopic (exact) mass is 252 g/mol. The fourth-order valence-electron chi connectivity index (χ4n) is 1.80. The summed E-state index contributed by atoms with van der Waals surface area (Å²) in [6.07, 6.45) is 6.33. The van der Waals surface area contributed by atoms with Gasteiger partial charge in [0.25, 0.3) is 5.56 Å². The van der Waals surface area contributed by atoms with E-state index in [4.69, 9.17) is 0 Å². The summed E-state index contributed by atoms with van der Waals surface area (Å²) in [6, 6.07) is 0. The van der Waals surface area contributed by atoms with Crippen LogP contribution in [0.2, 0.25) is 0 Å². The van der Waals surface area contributed by atoms with E-state index in [-0.39, 0.29) is 5.56 Å².